The van der Waals surface area contributed by atoms with Crippen molar-refractivity contribution in [2.24, 2.45) is 0 Å². The highest BCUT2D eigenvalue weighted by Gasteiger charge is 2.19. The number of ether oxygens (including phenoxy) is 3. The topological polar surface area (TPSA) is 78.9 Å². The molecular formula is C65H120O6. The Kier molecular flexibility index (Phi) is 58.2. The SMILES string of the molecule is CCC/C=C\C/C=C\CCCCCCCC(=O)OCC(COC(=O)CCCCCCCCCCCCCCCCCCCCCCCC)OC(=O)CCCCCCCCC/C=C\CCCCCCCCC. The number of esters is 3. The molecule has 1 atom stereocenters. The summed E-state index contributed by atoms with van der Waals surface area (Å²) in [4.78, 5) is 38.2. The number of allylic oxidation sites excluding steroid dienone is 6. The summed E-state index contributed by atoms with van der Waals surface area (Å²) in [7, 11) is 0. The Hall–Kier alpha value is -2.37. The molecule has 0 aliphatic carbocycles. The van der Waals surface area contributed by atoms with E-state index in [0.29, 0.717) is 19.3 Å². The zero-order chi connectivity index (χ0) is 51.4. The summed E-state index contributed by atoms with van der Waals surface area (Å²) in [6.45, 7) is 6.61. The normalized spacial score (nSPS) is 12.2. The predicted molar refractivity (Wildman–Crippen MR) is 307 cm³/mol. The molecule has 0 heterocycles. The quantitative estimate of drug-likeness (QED) is 0.0261. The largest absolute Gasteiger partial charge is 0.462 e. The lowest BCUT2D eigenvalue weighted by Crippen LogP contribution is -2.30. The van der Waals surface area contributed by atoms with Gasteiger partial charge in [0.15, 0.2) is 6.10 Å². The molecule has 1 unspecified atom stereocenters. The number of rotatable bonds is 58. The second-order valence-corrected chi connectivity index (χ2v) is 21.3. The standard InChI is InChI=1S/C65H120O6/c1-4-7-10-13-16-19-22-25-27-29-31-32-33-34-36-37-40-43-46-49-52-55-58-64(67)70-61-62(60-69-63(66)57-54-51-48-45-42-39-24-21-18-15-12-9-6-3)71-65(68)59-56-53-50-47-44-41-38-35-30-28-26-23-20-17-14-11-8-5-2/h12,15,21,24,28,30,62H,4-11,13-14,16-20,22-23,25-27,29,31-61H2,1-3H3/b15-12-,24-21-,30-28-. The van der Waals surface area contributed by atoms with Crippen LogP contribution in [0.4, 0.5) is 0 Å². The molecule has 0 aromatic heterocycles. The summed E-state index contributed by atoms with van der Waals surface area (Å²) in [5.74, 6) is -0.872. The van der Waals surface area contributed by atoms with Crippen molar-refractivity contribution < 1.29 is 28.6 Å². The number of carbonyl (C=O) groups excluding carboxylic acids is 3. The van der Waals surface area contributed by atoms with Crippen LogP contribution in [0.2, 0.25) is 0 Å². The van der Waals surface area contributed by atoms with E-state index in [1.54, 1.807) is 0 Å². The van der Waals surface area contributed by atoms with Gasteiger partial charge < -0.3 is 14.2 Å². The lowest BCUT2D eigenvalue weighted by molar-refractivity contribution is -0.167. The molecule has 0 radical (unpaired) electrons. The molecule has 0 saturated heterocycles. The van der Waals surface area contributed by atoms with Gasteiger partial charge in [0.2, 0.25) is 0 Å². The fourth-order valence-electron chi connectivity index (χ4n) is 9.36. The molecule has 71 heavy (non-hydrogen) atoms. The van der Waals surface area contributed by atoms with Crippen LogP contribution >= 0.6 is 0 Å². The van der Waals surface area contributed by atoms with E-state index >= 15 is 0 Å². The highest BCUT2D eigenvalue weighted by molar-refractivity contribution is 5.71. The third-order valence-corrected chi connectivity index (χ3v) is 14.1. The van der Waals surface area contributed by atoms with Crippen molar-refractivity contribution in [2.45, 2.75) is 348 Å². The van der Waals surface area contributed by atoms with Crippen molar-refractivity contribution >= 4 is 17.9 Å². The molecule has 0 N–H and O–H groups in total. The fraction of sp³-hybridized carbons (Fsp3) is 0.862. The third-order valence-electron chi connectivity index (χ3n) is 14.1. The first kappa shape index (κ1) is 68.6. The smallest absolute Gasteiger partial charge is 0.306 e. The monoisotopic (exact) mass is 997 g/mol. The Balaban J connectivity index is 4.28. The van der Waals surface area contributed by atoms with Crippen LogP contribution in [-0.4, -0.2) is 37.2 Å². The van der Waals surface area contributed by atoms with E-state index in [2.05, 4.69) is 57.2 Å². The average molecular weight is 998 g/mol. The highest BCUT2D eigenvalue weighted by Crippen LogP contribution is 2.17. The van der Waals surface area contributed by atoms with Crippen LogP contribution in [0.1, 0.15) is 342 Å². The van der Waals surface area contributed by atoms with Gasteiger partial charge in [-0.3, -0.25) is 14.4 Å². The molecular weight excluding hydrogens is 877 g/mol. The van der Waals surface area contributed by atoms with E-state index in [1.807, 2.05) is 0 Å². The van der Waals surface area contributed by atoms with Gasteiger partial charge in [0.25, 0.3) is 0 Å². The van der Waals surface area contributed by atoms with Crippen LogP contribution in [0, 0.1) is 0 Å². The lowest BCUT2D eigenvalue weighted by atomic mass is 10.0. The molecule has 0 aromatic carbocycles. The molecule has 0 saturated carbocycles. The van der Waals surface area contributed by atoms with Crippen LogP contribution in [0.15, 0.2) is 36.5 Å². The molecule has 0 fully saturated rings. The first-order chi connectivity index (χ1) is 35.0. The summed E-state index contributed by atoms with van der Waals surface area (Å²) in [5.41, 5.74) is 0. The number of unbranched alkanes of at least 4 members (excludes halogenated alkanes) is 41. The first-order valence-corrected chi connectivity index (χ1v) is 31.5. The van der Waals surface area contributed by atoms with Crippen molar-refractivity contribution in [2.75, 3.05) is 13.2 Å². The van der Waals surface area contributed by atoms with Crippen molar-refractivity contribution in [3.63, 3.8) is 0 Å². The Morgan fingerprint density at radius 2 is 0.535 bits per heavy atom. The second-order valence-electron chi connectivity index (χ2n) is 21.3. The Bertz CT molecular complexity index is 1190. The van der Waals surface area contributed by atoms with Crippen LogP contribution in [0.3, 0.4) is 0 Å². The minimum atomic E-state index is -0.778. The highest BCUT2D eigenvalue weighted by atomic mass is 16.6. The molecule has 6 nitrogen and oxygen atoms in total. The number of carbonyl (C=O) groups is 3. The number of hydrogen-bond acceptors (Lipinski definition) is 6. The molecule has 0 aliphatic heterocycles. The van der Waals surface area contributed by atoms with E-state index in [4.69, 9.17) is 14.2 Å². The van der Waals surface area contributed by atoms with Crippen molar-refractivity contribution in [1.82, 2.24) is 0 Å². The van der Waals surface area contributed by atoms with E-state index in [0.717, 1.165) is 83.5 Å². The summed E-state index contributed by atoms with van der Waals surface area (Å²) in [6.07, 6.45) is 72.9. The second kappa shape index (κ2) is 60.2. The minimum absolute atomic E-state index is 0.0745. The Morgan fingerprint density at radius 1 is 0.282 bits per heavy atom. The third kappa shape index (κ3) is 58.4. The first-order valence-electron chi connectivity index (χ1n) is 31.5. The molecule has 0 aromatic rings. The van der Waals surface area contributed by atoms with Gasteiger partial charge in [-0.25, -0.2) is 0 Å². The summed E-state index contributed by atoms with van der Waals surface area (Å²) < 4.78 is 16.9. The number of hydrogen-bond donors (Lipinski definition) is 0. The van der Waals surface area contributed by atoms with Crippen LogP contribution in [0.5, 0.6) is 0 Å². The molecule has 0 rings (SSSR count). The van der Waals surface area contributed by atoms with Gasteiger partial charge in [0, 0.05) is 19.3 Å². The Morgan fingerprint density at radius 3 is 0.845 bits per heavy atom. The minimum Gasteiger partial charge on any atom is -0.462 e. The maximum absolute atomic E-state index is 12.9. The van der Waals surface area contributed by atoms with Gasteiger partial charge in [-0.05, 0) is 70.6 Å². The summed E-state index contributed by atoms with van der Waals surface area (Å²) >= 11 is 0. The molecule has 6 heteroatoms. The lowest BCUT2D eigenvalue weighted by Gasteiger charge is -2.18. The molecule has 0 bridgehead atoms. The molecule has 0 amide bonds. The Labute approximate surface area is 442 Å². The molecule has 416 valence electrons. The van der Waals surface area contributed by atoms with Crippen molar-refractivity contribution in [3.8, 4) is 0 Å². The van der Waals surface area contributed by atoms with Gasteiger partial charge in [0.05, 0.1) is 0 Å². The zero-order valence-corrected chi connectivity index (χ0v) is 47.8. The van der Waals surface area contributed by atoms with E-state index in [9.17, 15) is 14.4 Å². The van der Waals surface area contributed by atoms with Gasteiger partial charge >= 0.3 is 17.9 Å². The van der Waals surface area contributed by atoms with Gasteiger partial charge in [-0.2, -0.15) is 0 Å². The average Bonchev–Trinajstić information content (AvgIpc) is 3.37. The predicted octanol–water partition coefficient (Wildman–Crippen LogP) is 21.2. The van der Waals surface area contributed by atoms with E-state index in [1.165, 1.54) is 218 Å². The fourth-order valence-corrected chi connectivity index (χ4v) is 9.36. The van der Waals surface area contributed by atoms with Crippen molar-refractivity contribution in [1.29, 1.82) is 0 Å². The van der Waals surface area contributed by atoms with Gasteiger partial charge in [-0.1, -0.05) is 288 Å². The van der Waals surface area contributed by atoms with Crippen LogP contribution in [-0.2, 0) is 28.6 Å². The molecule has 0 aliphatic rings. The van der Waals surface area contributed by atoms with E-state index < -0.39 is 6.10 Å². The van der Waals surface area contributed by atoms with Crippen LogP contribution < -0.4 is 0 Å². The van der Waals surface area contributed by atoms with Crippen LogP contribution in [0.25, 0.3) is 0 Å². The van der Waals surface area contributed by atoms with Crippen molar-refractivity contribution in [3.05, 3.63) is 36.5 Å². The summed E-state index contributed by atoms with van der Waals surface area (Å²) in [6, 6.07) is 0. The van der Waals surface area contributed by atoms with E-state index in [-0.39, 0.29) is 31.1 Å². The zero-order valence-electron chi connectivity index (χ0n) is 47.8. The maximum Gasteiger partial charge on any atom is 0.306 e. The maximum atomic E-state index is 12.9. The molecule has 0 spiro atoms. The summed E-state index contributed by atoms with van der Waals surface area (Å²) in [5, 5.41) is 0. The van der Waals surface area contributed by atoms with Gasteiger partial charge in [0.1, 0.15) is 13.2 Å². The van der Waals surface area contributed by atoms with Gasteiger partial charge in [-0.15, -0.1) is 0 Å².